The van der Waals surface area contributed by atoms with Crippen LogP contribution in [0.2, 0.25) is 5.02 Å². The third-order valence-electron chi connectivity index (χ3n) is 4.01. The first kappa shape index (κ1) is 16.6. The lowest BCUT2D eigenvalue weighted by Gasteiger charge is -2.21. The van der Waals surface area contributed by atoms with Gasteiger partial charge in [-0.3, -0.25) is 0 Å². The van der Waals surface area contributed by atoms with Gasteiger partial charge in [0, 0.05) is 5.02 Å². The molecular weight excluding hydrogens is 344 g/mol. The molecule has 0 N–H and O–H groups in total. The summed E-state index contributed by atoms with van der Waals surface area (Å²) in [6, 6.07) is 12.8. The number of hydrogen-bond acceptors (Lipinski definition) is 0. The van der Waals surface area contributed by atoms with Crippen LogP contribution in [0.25, 0.3) is 0 Å². The summed E-state index contributed by atoms with van der Waals surface area (Å²) in [5, 5.41) is 0.822. The molecular formula is C19H22BrCl. The minimum atomic E-state index is 0.155. The Morgan fingerprint density at radius 3 is 2.00 bits per heavy atom. The monoisotopic (exact) mass is 364 g/mol. The maximum atomic E-state index is 6.39. The summed E-state index contributed by atoms with van der Waals surface area (Å²) in [6.07, 6.45) is 3.17. The number of halogens is 2. The normalized spacial score (nSPS) is 12.4. The highest BCUT2D eigenvalue weighted by Gasteiger charge is 2.20. The van der Waals surface area contributed by atoms with E-state index in [4.69, 9.17) is 11.6 Å². The lowest BCUT2D eigenvalue weighted by molar-refractivity contribution is 0.975. The van der Waals surface area contributed by atoms with Crippen molar-refractivity contribution in [1.29, 1.82) is 0 Å². The molecule has 0 nitrogen and oxygen atoms in total. The van der Waals surface area contributed by atoms with E-state index in [0.29, 0.717) is 0 Å². The second-order valence-corrected chi connectivity index (χ2v) is 6.60. The third kappa shape index (κ3) is 3.52. The Kier molecular flexibility index (Phi) is 5.89. The molecule has 0 saturated heterocycles. The largest absolute Gasteiger partial charge is 0.0840 e. The average Bonchev–Trinajstić information content (AvgIpc) is 2.53. The van der Waals surface area contributed by atoms with E-state index >= 15 is 0 Å². The summed E-state index contributed by atoms with van der Waals surface area (Å²) >= 11 is 10.3. The predicted molar refractivity (Wildman–Crippen MR) is 96.8 cm³/mol. The van der Waals surface area contributed by atoms with E-state index < -0.39 is 0 Å². The first-order valence-corrected chi connectivity index (χ1v) is 8.94. The summed E-state index contributed by atoms with van der Waals surface area (Å²) in [6.45, 7) is 6.67. The summed E-state index contributed by atoms with van der Waals surface area (Å²) in [7, 11) is 0. The van der Waals surface area contributed by atoms with Gasteiger partial charge in [0.05, 0.1) is 4.83 Å². The summed E-state index contributed by atoms with van der Waals surface area (Å²) in [5.74, 6) is 0. The average molecular weight is 366 g/mol. The van der Waals surface area contributed by atoms with Crippen molar-refractivity contribution < 1.29 is 0 Å². The van der Waals surface area contributed by atoms with Gasteiger partial charge < -0.3 is 0 Å². The number of alkyl halides is 1. The SMILES string of the molecule is CCc1cc(CC)c(C(Br)c2ccccc2Cl)c(CC)c1. The Morgan fingerprint density at radius 1 is 0.952 bits per heavy atom. The van der Waals surface area contributed by atoms with Crippen LogP contribution in [0.4, 0.5) is 0 Å². The smallest absolute Gasteiger partial charge is 0.0664 e. The highest BCUT2D eigenvalue weighted by Crippen LogP contribution is 2.39. The minimum absolute atomic E-state index is 0.155. The Morgan fingerprint density at radius 2 is 1.52 bits per heavy atom. The van der Waals surface area contributed by atoms with Crippen LogP contribution in [0.15, 0.2) is 36.4 Å². The quantitative estimate of drug-likeness (QED) is 0.530. The molecule has 0 bridgehead atoms. The van der Waals surface area contributed by atoms with Crippen molar-refractivity contribution in [3.63, 3.8) is 0 Å². The van der Waals surface area contributed by atoms with Crippen molar-refractivity contribution in [2.75, 3.05) is 0 Å². The molecule has 0 spiro atoms. The molecule has 0 heterocycles. The summed E-state index contributed by atoms with van der Waals surface area (Å²) in [5.41, 5.74) is 6.81. The van der Waals surface area contributed by atoms with Crippen molar-refractivity contribution >= 4 is 27.5 Å². The maximum absolute atomic E-state index is 6.39. The molecule has 1 atom stereocenters. The second kappa shape index (κ2) is 7.47. The summed E-state index contributed by atoms with van der Waals surface area (Å²) in [4.78, 5) is 0.155. The fraction of sp³-hybridized carbons (Fsp3) is 0.368. The molecule has 0 aromatic heterocycles. The second-order valence-electron chi connectivity index (χ2n) is 5.27. The zero-order chi connectivity index (χ0) is 15.4. The van der Waals surface area contributed by atoms with Crippen LogP contribution < -0.4 is 0 Å². The molecule has 112 valence electrons. The minimum Gasteiger partial charge on any atom is -0.0840 e. The molecule has 2 heteroatoms. The van der Waals surface area contributed by atoms with E-state index in [9.17, 15) is 0 Å². The fourth-order valence-corrected chi connectivity index (χ4v) is 4.17. The van der Waals surface area contributed by atoms with Crippen molar-refractivity contribution in [2.45, 2.75) is 44.9 Å². The van der Waals surface area contributed by atoms with Gasteiger partial charge >= 0.3 is 0 Å². The molecule has 2 rings (SSSR count). The van der Waals surface area contributed by atoms with Crippen LogP contribution in [0.5, 0.6) is 0 Å². The van der Waals surface area contributed by atoms with Gasteiger partial charge in [-0.2, -0.15) is 0 Å². The molecule has 0 aliphatic rings. The molecule has 0 fully saturated rings. The van der Waals surface area contributed by atoms with E-state index in [2.05, 4.69) is 54.9 Å². The van der Waals surface area contributed by atoms with E-state index in [-0.39, 0.29) is 4.83 Å². The molecule has 0 saturated carbocycles. The third-order valence-corrected chi connectivity index (χ3v) is 5.31. The van der Waals surface area contributed by atoms with Gasteiger partial charge in [0.2, 0.25) is 0 Å². The lowest BCUT2D eigenvalue weighted by atomic mass is 9.89. The molecule has 2 aromatic carbocycles. The Labute approximate surface area is 141 Å². The number of hydrogen-bond donors (Lipinski definition) is 0. The molecule has 0 amide bonds. The Balaban J connectivity index is 2.59. The fourth-order valence-electron chi connectivity index (χ4n) is 2.80. The first-order chi connectivity index (χ1) is 10.1. The van der Waals surface area contributed by atoms with Crippen molar-refractivity contribution in [3.05, 3.63) is 69.2 Å². The van der Waals surface area contributed by atoms with E-state index in [1.807, 2.05) is 18.2 Å². The van der Waals surface area contributed by atoms with Crippen LogP contribution in [-0.4, -0.2) is 0 Å². The standard InChI is InChI=1S/C19H22BrCl/c1-4-13-11-14(5-2)18(15(6-3)12-13)19(20)16-9-7-8-10-17(16)21/h7-12,19H,4-6H2,1-3H3. The van der Waals surface area contributed by atoms with Crippen LogP contribution in [0.1, 0.15) is 53.4 Å². The summed E-state index contributed by atoms with van der Waals surface area (Å²) < 4.78 is 0. The highest BCUT2D eigenvalue weighted by molar-refractivity contribution is 9.09. The van der Waals surface area contributed by atoms with Crippen LogP contribution in [0, 0.1) is 0 Å². The first-order valence-electron chi connectivity index (χ1n) is 7.65. The molecule has 0 aliphatic heterocycles. The molecule has 1 unspecified atom stereocenters. The molecule has 2 aromatic rings. The van der Waals surface area contributed by atoms with Gasteiger partial charge in [0.15, 0.2) is 0 Å². The van der Waals surface area contributed by atoms with Crippen molar-refractivity contribution in [3.8, 4) is 0 Å². The van der Waals surface area contributed by atoms with Gasteiger partial charge in [0.1, 0.15) is 0 Å². The maximum Gasteiger partial charge on any atom is 0.0664 e. The zero-order valence-electron chi connectivity index (χ0n) is 12.9. The predicted octanol–water partition coefficient (Wildman–Crippen LogP) is 6.51. The Bertz CT molecular complexity index is 594. The molecule has 21 heavy (non-hydrogen) atoms. The van der Waals surface area contributed by atoms with Crippen LogP contribution in [0.3, 0.4) is 0 Å². The van der Waals surface area contributed by atoms with E-state index in [0.717, 1.165) is 29.8 Å². The van der Waals surface area contributed by atoms with Crippen molar-refractivity contribution in [2.24, 2.45) is 0 Å². The molecule has 0 aliphatic carbocycles. The highest BCUT2D eigenvalue weighted by atomic mass is 79.9. The lowest BCUT2D eigenvalue weighted by Crippen LogP contribution is -2.05. The van der Waals surface area contributed by atoms with Gasteiger partial charge in [0.25, 0.3) is 0 Å². The number of aryl methyl sites for hydroxylation is 3. The van der Waals surface area contributed by atoms with Gasteiger partial charge in [-0.1, -0.05) is 78.6 Å². The van der Waals surface area contributed by atoms with Crippen molar-refractivity contribution in [1.82, 2.24) is 0 Å². The van der Waals surface area contributed by atoms with Gasteiger partial charge in [-0.15, -0.1) is 0 Å². The number of rotatable bonds is 5. The topological polar surface area (TPSA) is 0 Å². The zero-order valence-corrected chi connectivity index (χ0v) is 15.3. The van der Waals surface area contributed by atoms with E-state index in [1.165, 1.54) is 22.3 Å². The Hall–Kier alpha value is -0.790. The number of benzene rings is 2. The van der Waals surface area contributed by atoms with Crippen LogP contribution >= 0.6 is 27.5 Å². The van der Waals surface area contributed by atoms with Crippen LogP contribution in [-0.2, 0) is 19.3 Å². The van der Waals surface area contributed by atoms with Gasteiger partial charge in [-0.25, -0.2) is 0 Å². The van der Waals surface area contributed by atoms with Gasteiger partial charge in [-0.05, 0) is 53.1 Å². The molecule has 0 radical (unpaired) electrons. The van der Waals surface area contributed by atoms with E-state index in [1.54, 1.807) is 0 Å².